The van der Waals surface area contributed by atoms with Crippen LogP contribution in [0.25, 0.3) is 78.3 Å². The number of hydrogen-bond acceptors (Lipinski definition) is 3. The van der Waals surface area contributed by atoms with Crippen molar-refractivity contribution in [3.8, 4) is 67.5 Å². The van der Waals surface area contributed by atoms with Crippen LogP contribution in [0, 0.1) is 23.7 Å². The van der Waals surface area contributed by atoms with Gasteiger partial charge in [-0.3, -0.25) is 0 Å². The van der Waals surface area contributed by atoms with E-state index in [9.17, 15) is 0 Å². The molecule has 3 nitrogen and oxygen atoms in total. The average Bonchev–Trinajstić information content (AvgIpc) is 3.54. The molecule has 13 rings (SSSR count). The molecule has 1 heterocycles. The fraction of sp³-hybridized carbons (Fsp3) is 0.189. The third kappa shape index (κ3) is 4.86. The molecule has 0 amide bonds. The Kier molecular flexibility index (Phi) is 7.11. The van der Waals surface area contributed by atoms with Gasteiger partial charge in [-0.1, -0.05) is 140 Å². The molecular weight excluding hydrogens is 679 g/mol. The van der Waals surface area contributed by atoms with Crippen LogP contribution in [-0.4, -0.2) is 15.0 Å². The summed E-state index contributed by atoms with van der Waals surface area (Å²) in [6, 6.07) is 59.5. The second-order valence-corrected chi connectivity index (χ2v) is 16.8. The van der Waals surface area contributed by atoms with E-state index in [0.717, 1.165) is 45.5 Å². The first-order valence-electron chi connectivity index (χ1n) is 20.4. The van der Waals surface area contributed by atoms with Crippen LogP contribution in [0.15, 0.2) is 164 Å². The molecule has 56 heavy (non-hydrogen) atoms. The Morgan fingerprint density at radius 2 is 0.839 bits per heavy atom. The lowest BCUT2D eigenvalue weighted by atomic mass is 9.43. The zero-order valence-corrected chi connectivity index (χ0v) is 31.3. The summed E-state index contributed by atoms with van der Waals surface area (Å²) >= 11 is 0. The Morgan fingerprint density at radius 1 is 0.357 bits per heavy atom. The predicted molar refractivity (Wildman–Crippen MR) is 228 cm³/mol. The smallest absolute Gasteiger partial charge is 0.164 e. The molecule has 0 aliphatic heterocycles. The van der Waals surface area contributed by atoms with Crippen molar-refractivity contribution in [3.05, 3.63) is 175 Å². The van der Waals surface area contributed by atoms with E-state index in [1.54, 1.807) is 5.56 Å². The SMILES string of the molecule is c1ccc(-c2cccc(-c3nc(-c4cccc(-c5ccccc5)c4)nc(-c4cccc5c4-c4cc6ccccc6cc4C54C5CC6CC(C5)CC4C6)n3)c2)cc1. The zero-order valence-electron chi connectivity index (χ0n) is 31.3. The summed E-state index contributed by atoms with van der Waals surface area (Å²) in [6.07, 6.45) is 6.82. The molecule has 0 unspecified atom stereocenters. The Labute approximate surface area is 328 Å². The Hall–Kier alpha value is -6.19. The van der Waals surface area contributed by atoms with Crippen molar-refractivity contribution in [1.82, 2.24) is 15.0 Å². The minimum absolute atomic E-state index is 0.0326. The van der Waals surface area contributed by atoms with Gasteiger partial charge in [0.2, 0.25) is 0 Å². The van der Waals surface area contributed by atoms with E-state index in [1.165, 1.54) is 70.7 Å². The summed E-state index contributed by atoms with van der Waals surface area (Å²) in [4.78, 5) is 16.1. The van der Waals surface area contributed by atoms with E-state index in [-0.39, 0.29) is 5.41 Å². The van der Waals surface area contributed by atoms with Gasteiger partial charge in [0.1, 0.15) is 0 Å². The van der Waals surface area contributed by atoms with Crippen LogP contribution in [0.1, 0.15) is 43.2 Å². The zero-order chi connectivity index (χ0) is 36.8. The maximum Gasteiger partial charge on any atom is 0.164 e. The molecular formula is C53H41N3. The van der Waals surface area contributed by atoms with E-state index < -0.39 is 0 Å². The molecule has 5 aliphatic rings. The number of rotatable bonds is 5. The van der Waals surface area contributed by atoms with Crippen LogP contribution in [0.2, 0.25) is 0 Å². The first-order valence-corrected chi connectivity index (χ1v) is 20.4. The molecule has 4 bridgehead atoms. The van der Waals surface area contributed by atoms with Crippen molar-refractivity contribution in [3.63, 3.8) is 0 Å². The Morgan fingerprint density at radius 3 is 1.43 bits per heavy atom. The molecule has 4 fully saturated rings. The van der Waals surface area contributed by atoms with Crippen LogP contribution >= 0.6 is 0 Å². The summed E-state index contributed by atoms with van der Waals surface area (Å²) in [7, 11) is 0. The van der Waals surface area contributed by atoms with Gasteiger partial charge in [0.25, 0.3) is 0 Å². The van der Waals surface area contributed by atoms with Crippen LogP contribution in [0.3, 0.4) is 0 Å². The van der Waals surface area contributed by atoms with Crippen molar-refractivity contribution in [1.29, 1.82) is 0 Å². The van der Waals surface area contributed by atoms with Gasteiger partial charge in [0, 0.05) is 22.1 Å². The molecule has 1 aromatic heterocycles. The van der Waals surface area contributed by atoms with E-state index in [1.807, 2.05) is 0 Å². The molecule has 0 N–H and O–H groups in total. The first-order chi connectivity index (χ1) is 27.7. The van der Waals surface area contributed by atoms with E-state index in [2.05, 4.69) is 164 Å². The van der Waals surface area contributed by atoms with Crippen molar-refractivity contribution in [2.24, 2.45) is 23.7 Å². The van der Waals surface area contributed by atoms with Gasteiger partial charge >= 0.3 is 0 Å². The lowest BCUT2D eigenvalue weighted by Gasteiger charge is -2.61. The van der Waals surface area contributed by atoms with E-state index in [0.29, 0.717) is 23.5 Å². The number of nitrogens with zero attached hydrogens (tertiary/aromatic N) is 3. The summed E-state index contributed by atoms with van der Waals surface area (Å²) in [6.45, 7) is 0. The third-order valence-corrected chi connectivity index (χ3v) is 13.9. The van der Waals surface area contributed by atoms with Gasteiger partial charge in [0.15, 0.2) is 17.5 Å². The molecule has 4 saturated carbocycles. The largest absolute Gasteiger partial charge is 0.208 e. The topological polar surface area (TPSA) is 38.7 Å². The lowest BCUT2D eigenvalue weighted by molar-refractivity contribution is -0.0398. The quantitative estimate of drug-likeness (QED) is 0.178. The molecule has 0 atom stereocenters. The molecule has 268 valence electrons. The molecule has 0 radical (unpaired) electrons. The minimum Gasteiger partial charge on any atom is -0.208 e. The van der Waals surface area contributed by atoms with Crippen LogP contribution < -0.4 is 0 Å². The number of fused-ring (bicyclic) bond motifs is 4. The van der Waals surface area contributed by atoms with E-state index >= 15 is 0 Å². The standard InChI is InChI=1S/C53H41N3/c1-3-12-35(13-4-1)37-18-9-20-41(29-37)50-54-51(42-21-10-19-38(30-42)36-14-5-2-6-15-36)56-52(55-50)45-22-11-23-47-49(45)46-31-39-16-7-8-17-40(39)32-48(46)53(47)43-25-33-24-34(27-43)28-44(53)26-33/h1-23,29-34,43-44H,24-28H2. The second kappa shape index (κ2) is 12.4. The Balaban J connectivity index is 1.10. The van der Waals surface area contributed by atoms with Gasteiger partial charge in [-0.05, 0) is 135 Å². The minimum atomic E-state index is 0.0326. The maximum absolute atomic E-state index is 5.43. The summed E-state index contributed by atoms with van der Waals surface area (Å²) in [5.74, 6) is 5.20. The highest BCUT2D eigenvalue weighted by molar-refractivity contribution is 5.98. The van der Waals surface area contributed by atoms with Crippen LogP contribution in [0.5, 0.6) is 0 Å². The number of aromatic nitrogens is 3. The highest BCUT2D eigenvalue weighted by Crippen LogP contribution is 2.70. The van der Waals surface area contributed by atoms with Gasteiger partial charge in [-0.15, -0.1) is 0 Å². The molecule has 7 aromatic carbocycles. The number of benzene rings is 7. The van der Waals surface area contributed by atoms with Crippen molar-refractivity contribution in [2.75, 3.05) is 0 Å². The molecule has 8 aromatic rings. The highest BCUT2D eigenvalue weighted by atomic mass is 15.0. The van der Waals surface area contributed by atoms with Gasteiger partial charge in [-0.25, -0.2) is 15.0 Å². The molecule has 5 aliphatic carbocycles. The predicted octanol–water partition coefficient (Wildman–Crippen LogP) is 13.1. The molecule has 0 saturated heterocycles. The first kappa shape index (κ1) is 32.1. The summed E-state index contributed by atoms with van der Waals surface area (Å²) < 4.78 is 0. The molecule has 1 spiro atoms. The Bertz CT molecular complexity index is 2690. The van der Waals surface area contributed by atoms with Crippen molar-refractivity contribution < 1.29 is 0 Å². The van der Waals surface area contributed by atoms with Gasteiger partial charge in [0.05, 0.1) is 0 Å². The fourth-order valence-corrected chi connectivity index (χ4v) is 11.8. The third-order valence-electron chi connectivity index (χ3n) is 13.9. The van der Waals surface area contributed by atoms with Crippen molar-refractivity contribution >= 4 is 10.8 Å². The number of hydrogen-bond donors (Lipinski definition) is 0. The van der Waals surface area contributed by atoms with E-state index in [4.69, 9.17) is 15.0 Å². The fourth-order valence-electron chi connectivity index (χ4n) is 11.8. The highest BCUT2D eigenvalue weighted by Gasteiger charge is 2.62. The normalized spacial score (nSPS) is 22.7. The van der Waals surface area contributed by atoms with Gasteiger partial charge < -0.3 is 0 Å². The maximum atomic E-state index is 5.43. The van der Waals surface area contributed by atoms with Crippen molar-refractivity contribution in [2.45, 2.75) is 37.5 Å². The monoisotopic (exact) mass is 719 g/mol. The average molecular weight is 720 g/mol. The molecule has 3 heteroatoms. The summed E-state index contributed by atoms with van der Waals surface area (Å²) in [5, 5.41) is 2.63. The van der Waals surface area contributed by atoms with Crippen LogP contribution in [-0.2, 0) is 5.41 Å². The summed E-state index contributed by atoms with van der Waals surface area (Å²) in [5.41, 5.74) is 13.5. The van der Waals surface area contributed by atoms with Gasteiger partial charge in [-0.2, -0.15) is 0 Å². The second-order valence-electron chi connectivity index (χ2n) is 16.8. The van der Waals surface area contributed by atoms with Crippen LogP contribution in [0.4, 0.5) is 0 Å². The lowest BCUT2D eigenvalue weighted by Crippen LogP contribution is -2.55.